The Kier molecular flexibility index (Phi) is 5.11. The zero-order valence-corrected chi connectivity index (χ0v) is 12.2. The average Bonchev–Trinajstić information content (AvgIpc) is 2.98. The van der Waals surface area contributed by atoms with Crippen LogP contribution in [-0.2, 0) is 9.53 Å². The van der Waals surface area contributed by atoms with Gasteiger partial charge in [-0.2, -0.15) is 5.26 Å². The molecular formula is C14H13N3O6. The maximum Gasteiger partial charge on any atom is 0.280 e. The fourth-order valence-corrected chi connectivity index (χ4v) is 1.89. The Balaban J connectivity index is 2.34. The second-order valence-corrected chi connectivity index (χ2v) is 4.44. The van der Waals surface area contributed by atoms with E-state index in [1.807, 2.05) is 0 Å². The van der Waals surface area contributed by atoms with Crippen LogP contribution < -0.4 is 14.8 Å². The van der Waals surface area contributed by atoms with E-state index in [1.54, 1.807) is 6.07 Å². The van der Waals surface area contributed by atoms with Gasteiger partial charge in [-0.15, -0.1) is 0 Å². The highest BCUT2D eigenvalue weighted by Crippen LogP contribution is 2.38. The molecule has 0 aromatic heterocycles. The molecule has 1 heterocycles. The van der Waals surface area contributed by atoms with Crippen molar-refractivity contribution in [1.82, 2.24) is 5.32 Å². The number of nitriles is 1. The molecule has 0 atom stereocenters. The number of carbonyl (C=O) groups excluding carboxylic acids is 1. The van der Waals surface area contributed by atoms with E-state index in [9.17, 15) is 14.9 Å². The molecule has 1 aliphatic rings. The number of nitro groups is 1. The van der Waals surface area contributed by atoms with Gasteiger partial charge in [-0.05, 0) is 12.1 Å². The minimum atomic E-state index is -0.642. The third kappa shape index (κ3) is 3.75. The first-order valence-corrected chi connectivity index (χ1v) is 6.53. The summed E-state index contributed by atoms with van der Waals surface area (Å²) in [6, 6.07) is 4.29. The van der Waals surface area contributed by atoms with Crippen molar-refractivity contribution < 1.29 is 23.9 Å². The van der Waals surface area contributed by atoms with Crippen LogP contribution in [0.1, 0.15) is 5.56 Å². The average molecular weight is 319 g/mol. The van der Waals surface area contributed by atoms with Crippen LogP contribution in [0.25, 0.3) is 6.08 Å². The van der Waals surface area contributed by atoms with Crippen molar-refractivity contribution in [3.05, 3.63) is 33.4 Å². The predicted molar refractivity (Wildman–Crippen MR) is 77.7 cm³/mol. The summed E-state index contributed by atoms with van der Waals surface area (Å²) in [4.78, 5) is 22.4. The first-order valence-electron chi connectivity index (χ1n) is 6.53. The molecule has 0 aliphatic carbocycles. The highest BCUT2D eigenvalue weighted by molar-refractivity contribution is 6.02. The second-order valence-electron chi connectivity index (χ2n) is 4.44. The molecule has 9 nitrogen and oxygen atoms in total. The lowest BCUT2D eigenvalue weighted by Crippen LogP contribution is -2.27. The van der Waals surface area contributed by atoms with Gasteiger partial charge in [0, 0.05) is 13.7 Å². The summed E-state index contributed by atoms with van der Waals surface area (Å²) >= 11 is 0. The Labute approximate surface area is 131 Å². The van der Waals surface area contributed by atoms with Crippen LogP contribution in [0.15, 0.2) is 17.7 Å². The van der Waals surface area contributed by atoms with Crippen molar-refractivity contribution in [3.63, 3.8) is 0 Å². The Bertz CT molecular complexity index is 707. The molecule has 0 bridgehead atoms. The maximum absolute atomic E-state index is 11.9. The molecular weight excluding hydrogens is 306 g/mol. The van der Waals surface area contributed by atoms with E-state index in [-0.39, 0.29) is 42.5 Å². The second kappa shape index (κ2) is 7.24. The van der Waals surface area contributed by atoms with E-state index in [4.69, 9.17) is 19.5 Å². The van der Waals surface area contributed by atoms with Gasteiger partial charge in [0.25, 0.3) is 11.6 Å². The van der Waals surface area contributed by atoms with E-state index in [1.165, 1.54) is 19.2 Å². The molecule has 0 saturated carbocycles. The first kappa shape index (κ1) is 16.3. The van der Waals surface area contributed by atoms with Gasteiger partial charge in [0.05, 0.1) is 23.2 Å². The molecule has 1 aliphatic heterocycles. The summed E-state index contributed by atoms with van der Waals surface area (Å²) in [5.41, 5.74) is -0.465. The number of amides is 1. The first-order chi connectivity index (χ1) is 11.1. The zero-order valence-electron chi connectivity index (χ0n) is 12.2. The minimum Gasteiger partial charge on any atom is -0.454 e. The SMILES string of the molecule is COCCNC(=O)/C(C#N)=C/c1cc2c(cc1[N+](=O)[O-])OCO2. The Morgan fingerprint density at radius 2 is 2.22 bits per heavy atom. The zero-order chi connectivity index (χ0) is 16.8. The molecule has 1 N–H and O–H groups in total. The van der Waals surface area contributed by atoms with Crippen LogP contribution in [0.2, 0.25) is 0 Å². The molecule has 1 aromatic rings. The number of nitrogens with one attached hydrogen (secondary N) is 1. The van der Waals surface area contributed by atoms with Crippen LogP contribution in [0.4, 0.5) is 5.69 Å². The number of fused-ring (bicyclic) bond motifs is 1. The molecule has 0 saturated heterocycles. The topological polar surface area (TPSA) is 124 Å². The number of rotatable bonds is 6. The van der Waals surface area contributed by atoms with Crippen molar-refractivity contribution in [1.29, 1.82) is 5.26 Å². The number of nitro benzene ring substituents is 1. The van der Waals surface area contributed by atoms with E-state index in [0.29, 0.717) is 5.75 Å². The molecule has 0 radical (unpaired) electrons. The number of benzene rings is 1. The van der Waals surface area contributed by atoms with Crippen LogP contribution >= 0.6 is 0 Å². The van der Waals surface area contributed by atoms with E-state index in [0.717, 1.165) is 6.08 Å². The third-order valence-corrected chi connectivity index (χ3v) is 2.98. The molecule has 1 amide bonds. The summed E-state index contributed by atoms with van der Waals surface area (Å²) in [6.45, 7) is 0.467. The maximum atomic E-state index is 11.9. The van der Waals surface area contributed by atoms with Crippen LogP contribution in [0.5, 0.6) is 11.5 Å². The van der Waals surface area contributed by atoms with Gasteiger partial charge in [-0.1, -0.05) is 0 Å². The molecule has 2 rings (SSSR count). The molecule has 0 spiro atoms. The van der Waals surface area contributed by atoms with Gasteiger partial charge in [0.15, 0.2) is 11.5 Å². The van der Waals surface area contributed by atoms with Gasteiger partial charge >= 0.3 is 0 Å². The summed E-state index contributed by atoms with van der Waals surface area (Å²) in [5, 5.41) is 22.7. The molecule has 0 fully saturated rings. The molecule has 23 heavy (non-hydrogen) atoms. The summed E-state index contributed by atoms with van der Waals surface area (Å²) in [6.07, 6.45) is 1.14. The van der Waals surface area contributed by atoms with Crippen LogP contribution in [0, 0.1) is 21.4 Å². The van der Waals surface area contributed by atoms with Crippen molar-refractivity contribution in [2.75, 3.05) is 27.1 Å². The minimum absolute atomic E-state index is 0.0394. The van der Waals surface area contributed by atoms with Crippen molar-refractivity contribution >= 4 is 17.7 Å². The number of methoxy groups -OCH3 is 1. The summed E-state index contributed by atoms with van der Waals surface area (Å²) in [5.74, 6) is -0.0765. The Morgan fingerprint density at radius 3 is 2.83 bits per heavy atom. The number of ether oxygens (including phenoxy) is 3. The van der Waals surface area contributed by atoms with Gasteiger partial charge in [0.1, 0.15) is 11.6 Å². The number of nitrogens with zero attached hydrogens (tertiary/aromatic N) is 2. The summed E-state index contributed by atoms with van der Waals surface area (Å²) < 4.78 is 15.0. The number of carbonyl (C=O) groups is 1. The lowest BCUT2D eigenvalue weighted by Gasteiger charge is -2.04. The number of hydrogen-bond donors (Lipinski definition) is 1. The lowest BCUT2D eigenvalue weighted by atomic mass is 10.1. The van der Waals surface area contributed by atoms with Crippen LogP contribution in [0.3, 0.4) is 0 Å². The van der Waals surface area contributed by atoms with E-state index < -0.39 is 10.8 Å². The quantitative estimate of drug-likeness (QED) is 0.272. The summed E-state index contributed by atoms with van der Waals surface area (Å²) in [7, 11) is 1.48. The normalized spacial score (nSPS) is 12.6. The standard InChI is InChI=1S/C14H13N3O6/c1-21-3-2-16-14(18)10(7-15)4-9-5-12-13(23-8-22-12)6-11(9)17(19)20/h4-6H,2-3,8H2,1H3,(H,16,18)/b10-4+. The smallest absolute Gasteiger partial charge is 0.280 e. The lowest BCUT2D eigenvalue weighted by molar-refractivity contribution is -0.385. The van der Waals surface area contributed by atoms with Crippen LogP contribution in [-0.4, -0.2) is 37.9 Å². The molecule has 9 heteroatoms. The molecule has 1 aromatic carbocycles. The van der Waals surface area contributed by atoms with Crippen molar-refractivity contribution in [2.45, 2.75) is 0 Å². The fourth-order valence-electron chi connectivity index (χ4n) is 1.89. The van der Waals surface area contributed by atoms with Gasteiger partial charge in [-0.25, -0.2) is 0 Å². The molecule has 0 unspecified atom stereocenters. The van der Waals surface area contributed by atoms with Crippen molar-refractivity contribution in [3.8, 4) is 17.6 Å². The highest BCUT2D eigenvalue weighted by atomic mass is 16.7. The van der Waals surface area contributed by atoms with Crippen molar-refractivity contribution in [2.24, 2.45) is 0 Å². The largest absolute Gasteiger partial charge is 0.454 e. The highest BCUT2D eigenvalue weighted by Gasteiger charge is 2.23. The van der Waals surface area contributed by atoms with Gasteiger partial charge < -0.3 is 19.5 Å². The number of hydrogen-bond acceptors (Lipinski definition) is 7. The molecule has 120 valence electrons. The van der Waals surface area contributed by atoms with E-state index >= 15 is 0 Å². The Morgan fingerprint density at radius 1 is 1.52 bits per heavy atom. The van der Waals surface area contributed by atoms with Gasteiger partial charge in [0.2, 0.25) is 6.79 Å². The Hall–Kier alpha value is -3.12. The predicted octanol–water partition coefficient (Wildman–Crippen LogP) is 0.993. The van der Waals surface area contributed by atoms with E-state index in [2.05, 4.69) is 5.32 Å². The third-order valence-electron chi connectivity index (χ3n) is 2.98. The monoisotopic (exact) mass is 319 g/mol. The van der Waals surface area contributed by atoms with Gasteiger partial charge in [-0.3, -0.25) is 14.9 Å². The fraction of sp³-hybridized carbons (Fsp3) is 0.286.